The number of carbonyl (C=O) groups excluding carboxylic acids is 2. The van der Waals surface area contributed by atoms with Gasteiger partial charge in [0.25, 0.3) is 0 Å². The fraction of sp³-hybridized carbons (Fsp3) is 0.714. The lowest BCUT2D eigenvalue weighted by molar-refractivity contribution is -0.138. The molecule has 0 saturated carbocycles. The van der Waals surface area contributed by atoms with Crippen LogP contribution < -0.4 is 0 Å². The Morgan fingerprint density at radius 2 is 1.39 bits per heavy atom. The van der Waals surface area contributed by atoms with Crippen molar-refractivity contribution < 1.29 is 23.5 Å². The minimum Gasteiger partial charge on any atom is -0.463 e. The van der Waals surface area contributed by atoms with Crippen LogP contribution in [0.2, 0.25) is 32.2 Å². The van der Waals surface area contributed by atoms with E-state index in [0.717, 1.165) is 44.9 Å². The predicted molar refractivity (Wildman–Crippen MR) is 118 cm³/mol. The van der Waals surface area contributed by atoms with Crippen LogP contribution in [0.3, 0.4) is 0 Å². The van der Waals surface area contributed by atoms with Gasteiger partial charge < -0.3 is 13.9 Å². The van der Waals surface area contributed by atoms with Gasteiger partial charge in [-0.3, -0.25) is 0 Å². The van der Waals surface area contributed by atoms with Gasteiger partial charge in [0.05, 0.1) is 26.4 Å². The van der Waals surface area contributed by atoms with Crippen LogP contribution >= 0.6 is 0 Å². The molecule has 0 unspecified atom stereocenters. The van der Waals surface area contributed by atoms with E-state index in [4.69, 9.17) is 13.9 Å². The van der Waals surface area contributed by atoms with Crippen molar-refractivity contribution in [3.8, 4) is 0 Å². The highest BCUT2D eigenvalue weighted by atomic mass is 29.3. The lowest BCUT2D eigenvalue weighted by Gasteiger charge is -2.52. The van der Waals surface area contributed by atoms with Gasteiger partial charge in [-0.25, -0.2) is 9.59 Å². The van der Waals surface area contributed by atoms with E-state index < -0.39 is 15.4 Å². The Bertz CT molecular complexity index is 527. The minimum atomic E-state index is -1.70. The molecular weight excluding hydrogens is 388 g/mol. The molecule has 1 saturated heterocycles. The summed E-state index contributed by atoms with van der Waals surface area (Å²) < 4.78 is 17.1. The second-order valence-electron chi connectivity index (χ2n) is 8.84. The van der Waals surface area contributed by atoms with Gasteiger partial charge in [0.1, 0.15) is 0 Å². The second-order valence-corrected chi connectivity index (χ2v) is 24.0. The highest BCUT2D eigenvalue weighted by molar-refractivity contribution is 7.38. The van der Waals surface area contributed by atoms with Crippen LogP contribution in [0.4, 0.5) is 0 Å². The first kappa shape index (κ1) is 24.9. The molecule has 1 fully saturated rings. The summed E-state index contributed by atoms with van der Waals surface area (Å²) in [7, 11) is -3.00. The number of carbonyl (C=O) groups is 2. The molecule has 1 rings (SSSR count). The van der Waals surface area contributed by atoms with Gasteiger partial charge >= 0.3 is 11.9 Å². The molecule has 28 heavy (non-hydrogen) atoms. The Balaban J connectivity index is 2.59. The van der Waals surface area contributed by atoms with Gasteiger partial charge in [-0.05, 0) is 58.0 Å². The summed E-state index contributed by atoms with van der Waals surface area (Å²) in [5.41, 5.74) is -0.0802. The normalized spacial score (nSPS) is 19.4. The molecule has 0 N–H and O–H groups in total. The molecule has 1 heterocycles. The first-order chi connectivity index (χ1) is 13.1. The molecule has 160 valence electrons. The smallest absolute Gasteiger partial charge is 0.330 e. The number of hydrogen-bond acceptors (Lipinski definition) is 5. The van der Waals surface area contributed by atoms with Gasteiger partial charge in [-0.15, -0.1) is 0 Å². The van der Waals surface area contributed by atoms with Crippen molar-refractivity contribution in [1.82, 2.24) is 0 Å². The van der Waals surface area contributed by atoms with Crippen LogP contribution in [0.1, 0.15) is 44.9 Å². The van der Waals surface area contributed by atoms with Crippen molar-refractivity contribution in [3.05, 3.63) is 25.3 Å². The third kappa shape index (κ3) is 7.68. The van der Waals surface area contributed by atoms with Crippen LogP contribution in [-0.4, -0.2) is 46.2 Å². The van der Waals surface area contributed by atoms with E-state index in [1.807, 2.05) is 0 Å². The Labute approximate surface area is 172 Å². The summed E-state index contributed by atoms with van der Waals surface area (Å²) in [5, 5.41) is 0. The molecule has 1 aliphatic rings. The molecular formula is C21H38O5Si2. The standard InChI is InChI=1S/C21H38O5Si2/c1-7-19(22)24-16-11-9-13-21(14-10-12-17-25-20(23)8-2)15-18-27(3,4)28(5,6)26-21/h7-8H,1-2,9-18H2,3-6H3. The number of unbranched alkanes of at least 4 members (excludes halogenated alkanes) is 2. The van der Waals surface area contributed by atoms with Crippen LogP contribution in [0.25, 0.3) is 0 Å². The van der Waals surface area contributed by atoms with Gasteiger partial charge in [0, 0.05) is 12.2 Å². The fourth-order valence-corrected chi connectivity index (χ4v) is 10.6. The van der Waals surface area contributed by atoms with Crippen LogP contribution in [0, 0.1) is 0 Å². The monoisotopic (exact) mass is 426 g/mol. The molecule has 0 aromatic heterocycles. The molecule has 0 bridgehead atoms. The first-order valence-electron chi connectivity index (χ1n) is 10.4. The zero-order chi connectivity index (χ0) is 21.3. The molecule has 7 heteroatoms. The zero-order valence-electron chi connectivity index (χ0n) is 18.2. The number of hydrogen-bond donors (Lipinski definition) is 0. The second kappa shape index (κ2) is 11.1. The Morgan fingerprint density at radius 1 is 0.929 bits per heavy atom. The molecule has 1 aliphatic heterocycles. The van der Waals surface area contributed by atoms with Crippen LogP contribution in [0.5, 0.6) is 0 Å². The summed E-state index contributed by atoms with van der Waals surface area (Å²) in [6, 6.07) is 1.31. The van der Waals surface area contributed by atoms with Crippen molar-refractivity contribution in [2.45, 2.75) is 82.8 Å². The Hall–Kier alpha value is -1.19. The van der Waals surface area contributed by atoms with Crippen molar-refractivity contribution in [1.29, 1.82) is 0 Å². The van der Waals surface area contributed by atoms with E-state index in [1.165, 1.54) is 18.2 Å². The quantitative estimate of drug-likeness (QED) is 0.191. The SMILES string of the molecule is C=CC(=O)OCCCCC1(CCCCOC(=O)C=C)CC[Si](C)(C)[Si](C)(C)O1. The maximum Gasteiger partial charge on any atom is 0.330 e. The number of ether oxygens (including phenoxy) is 2. The summed E-state index contributed by atoms with van der Waals surface area (Å²) in [5.74, 6) is -0.724. The van der Waals surface area contributed by atoms with Crippen LogP contribution in [-0.2, 0) is 23.5 Å². The Morgan fingerprint density at radius 3 is 1.79 bits per heavy atom. The van der Waals surface area contributed by atoms with E-state index in [-0.39, 0.29) is 17.5 Å². The van der Waals surface area contributed by atoms with E-state index in [9.17, 15) is 9.59 Å². The lowest BCUT2D eigenvalue weighted by atomic mass is 9.88. The first-order valence-corrected chi connectivity index (χ1v) is 17.5. The molecule has 0 aromatic carbocycles. The summed E-state index contributed by atoms with van der Waals surface area (Å²) >= 11 is 0. The molecule has 0 spiro atoms. The molecule has 5 nitrogen and oxygen atoms in total. The Kier molecular flexibility index (Phi) is 9.87. The van der Waals surface area contributed by atoms with Gasteiger partial charge in [-0.2, -0.15) is 0 Å². The van der Waals surface area contributed by atoms with Crippen molar-refractivity contribution in [3.63, 3.8) is 0 Å². The molecule has 0 radical (unpaired) electrons. The van der Waals surface area contributed by atoms with E-state index in [0.29, 0.717) is 13.2 Å². The maximum atomic E-state index is 11.2. The average molecular weight is 427 g/mol. The highest BCUT2D eigenvalue weighted by Crippen LogP contribution is 2.44. The van der Waals surface area contributed by atoms with E-state index in [2.05, 4.69) is 39.3 Å². The van der Waals surface area contributed by atoms with Gasteiger partial charge in [0.15, 0.2) is 7.83 Å². The van der Waals surface area contributed by atoms with Crippen molar-refractivity contribution in [2.75, 3.05) is 13.2 Å². The average Bonchev–Trinajstić information content (AvgIpc) is 2.64. The largest absolute Gasteiger partial charge is 0.463 e. The highest BCUT2D eigenvalue weighted by Gasteiger charge is 2.52. The van der Waals surface area contributed by atoms with Gasteiger partial charge in [-0.1, -0.05) is 32.3 Å². The molecule has 0 aromatic rings. The van der Waals surface area contributed by atoms with E-state index in [1.54, 1.807) is 0 Å². The summed E-state index contributed by atoms with van der Waals surface area (Å²) in [4.78, 5) is 22.3. The molecule has 0 atom stereocenters. The van der Waals surface area contributed by atoms with Crippen molar-refractivity contribution in [2.24, 2.45) is 0 Å². The molecule has 0 aliphatic carbocycles. The lowest BCUT2D eigenvalue weighted by Crippen LogP contribution is -2.65. The zero-order valence-corrected chi connectivity index (χ0v) is 20.2. The predicted octanol–water partition coefficient (Wildman–Crippen LogP) is 4.94. The molecule has 0 amide bonds. The van der Waals surface area contributed by atoms with E-state index >= 15 is 0 Å². The summed E-state index contributed by atoms with van der Waals surface area (Å²) in [6.45, 7) is 17.4. The number of esters is 2. The minimum absolute atomic E-state index is 0.0802. The van der Waals surface area contributed by atoms with Crippen LogP contribution in [0.15, 0.2) is 25.3 Å². The number of rotatable bonds is 12. The van der Waals surface area contributed by atoms with Gasteiger partial charge in [0.2, 0.25) is 0 Å². The van der Waals surface area contributed by atoms with Crippen molar-refractivity contribution >= 4 is 27.4 Å². The fourth-order valence-electron chi connectivity index (χ4n) is 3.61. The topological polar surface area (TPSA) is 61.8 Å². The maximum absolute atomic E-state index is 11.2. The third-order valence-electron chi connectivity index (χ3n) is 6.18. The third-order valence-corrected chi connectivity index (χ3v) is 22.7. The summed E-state index contributed by atoms with van der Waals surface area (Å²) in [6.07, 6.45) is 9.12.